The summed E-state index contributed by atoms with van der Waals surface area (Å²) >= 11 is 3.30. The van der Waals surface area contributed by atoms with Crippen LogP contribution in [0.25, 0.3) is 5.65 Å². The van der Waals surface area contributed by atoms with Crippen molar-refractivity contribution in [2.75, 3.05) is 6.54 Å². The number of aromatic nitrogens is 2. The summed E-state index contributed by atoms with van der Waals surface area (Å²) in [6.07, 6.45) is 6.66. The third-order valence-corrected chi connectivity index (χ3v) is 3.42. The molecule has 3 aromatic rings. The highest BCUT2D eigenvalue weighted by atomic mass is 79.9. The van der Waals surface area contributed by atoms with Crippen LogP contribution in [0.3, 0.4) is 0 Å². The minimum Gasteiger partial charge on any atom is -0.454 e. The summed E-state index contributed by atoms with van der Waals surface area (Å²) < 4.78 is 8.26. The molecule has 0 aliphatic heterocycles. The van der Waals surface area contributed by atoms with Crippen molar-refractivity contribution in [2.45, 2.75) is 13.0 Å². The molecule has 0 saturated carbocycles. The fourth-order valence-corrected chi connectivity index (χ4v) is 2.41. The Labute approximate surface area is 119 Å². The van der Waals surface area contributed by atoms with Gasteiger partial charge in [0.1, 0.15) is 11.4 Å². The lowest BCUT2D eigenvalue weighted by atomic mass is 10.2. The molecular weight excluding hydrogens is 306 g/mol. The molecule has 98 valence electrons. The van der Waals surface area contributed by atoms with Crippen LogP contribution in [0.15, 0.2) is 51.9 Å². The number of halogens is 1. The molecule has 0 unspecified atom stereocenters. The van der Waals surface area contributed by atoms with Gasteiger partial charge in [-0.1, -0.05) is 6.07 Å². The van der Waals surface area contributed by atoms with Gasteiger partial charge in [-0.3, -0.25) is 0 Å². The second-order valence-corrected chi connectivity index (χ2v) is 5.11. The molecule has 0 atom stereocenters. The zero-order chi connectivity index (χ0) is 13.1. The van der Waals surface area contributed by atoms with Crippen LogP contribution in [-0.2, 0) is 13.0 Å². The molecule has 5 heteroatoms. The summed E-state index contributed by atoms with van der Waals surface area (Å²) in [6.45, 7) is 1.69. The van der Waals surface area contributed by atoms with Crippen LogP contribution in [0.4, 0.5) is 0 Å². The van der Waals surface area contributed by atoms with E-state index >= 15 is 0 Å². The Balaban J connectivity index is 1.56. The molecule has 0 fully saturated rings. The highest BCUT2D eigenvalue weighted by Crippen LogP contribution is 2.14. The largest absolute Gasteiger partial charge is 0.454 e. The van der Waals surface area contributed by atoms with E-state index in [-0.39, 0.29) is 0 Å². The average Bonchev–Trinajstić information content (AvgIpc) is 3.03. The van der Waals surface area contributed by atoms with E-state index in [1.807, 2.05) is 41.2 Å². The minimum atomic E-state index is 0.782. The SMILES string of the molecule is Brc1ccc(CCNCc2cccn3ccnc23)o1. The predicted molar refractivity (Wildman–Crippen MR) is 77.0 cm³/mol. The molecule has 3 heterocycles. The van der Waals surface area contributed by atoms with Gasteiger partial charge in [0.05, 0.1) is 0 Å². The molecule has 3 rings (SSSR count). The van der Waals surface area contributed by atoms with Crippen molar-refractivity contribution in [2.24, 2.45) is 0 Å². The molecule has 3 aromatic heterocycles. The number of hydrogen-bond acceptors (Lipinski definition) is 3. The molecule has 0 bridgehead atoms. The topological polar surface area (TPSA) is 42.5 Å². The Morgan fingerprint density at radius 1 is 1.26 bits per heavy atom. The van der Waals surface area contributed by atoms with Gasteiger partial charge in [0.15, 0.2) is 4.67 Å². The summed E-state index contributed by atoms with van der Waals surface area (Å²) in [5, 5.41) is 3.41. The third kappa shape index (κ3) is 2.88. The summed E-state index contributed by atoms with van der Waals surface area (Å²) in [7, 11) is 0. The first-order valence-electron chi connectivity index (χ1n) is 6.18. The molecule has 0 spiro atoms. The Bertz CT molecular complexity index is 674. The van der Waals surface area contributed by atoms with E-state index in [1.54, 1.807) is 0 Å². The molecular formula is C14H14BrN3O. The summed E-state index contributed by atoms with van der Waals surface area (Å²) in [4.78, 5) is 4.36. The highest BCUT2D eigenvalue weighted by molar-refractivity contribution is 9.10. The first-order valence-corrected chi connectivity index (χ1v) is 6.98. The van der Waals surface area contributed by atoms with Gasteiger partial charge in [-0.05, 0) is 34.1 Å². The minimum absolute atomic E-state index is 0.782. The zero-order valence-corrected chi connectivity index (χ0v) is 11.9. The van der Waals surface area contributed by atoms with E-state index in [0.717, 1.165) is 35.6 Å². The summed E-state index contributed by atoms with van der Waals surface area (Å²) in [6, 6.07) is 8.04. The molecule has 0 aliphatic rings. The van der Waals surface area contributed by atoms with Gasteiger partial charge < -0.3 is 14.1 Å². The van der Waals surface area contributed by atoms with Gasteiger partial charge in [0.2, 0.25) is 0 Å². The number of furan rings is 1. The second kappa shape index (κ2) is 5.59. The first kappa shape index (κ1) is 12.4. The van der Waals surface area contributed by atoms with Gasteiger partial charge in [-0.2, -0.15) is 0 Å². The molecule has 1 N–H and O–H groups in total. The van der Waals surface area contributed by atoms with Crippen LogP contribution in [0.5, 0.6) is 0 Å². The van der Waals surface area contributed by atoms with Gasteiger partial charge in [-0.15, -0.1) is 0 Å². The third-order valence-electron chi connectivity index (χ3n) is 2.99. The van der Waals surface area contributed by atoms with Crippen LogP contribution in [0.1, 0.15) is 11.3 Å². The maximum Gasteiger partial charge on any atom is 0.169 e. The normalized spacial score (nSPS) is 11.2. The van der Waals surface area contributed by atoms with Crippen molar-refractivity contribution in [3.63, 3.8) is 0 Å². The van der Waals surface area contributed by atoms with E-state index < -0.39 is 0 Å². The molecule has 0 radical (unpaired) electrons. The fraction of sp³-hybridized carbons (Fsp3) is 0.214. The molecule has 0 aliphatic carbocycles. The number of fused-ring (bicyclic) bond motifs is 1. The lowest BCUT2D eigenvalue weighted by Gasteiger charge is -2.05. The van der Waals surface area contributed by atoms with Crippen LogP contribution >= 0.6 is 15.9 Å². The number of pyridine rings is 1. The standard InChI is InChI=1S/C14H14BrN3O/c15-13-4-3-12(19-13)5-6-16-10-11-2-1-8-18-9-7-17-14(11)18/h1-4,7-9,16H,5-6,10H2. The Morgan fingerprint density at radius 2 is 2.21 bits per heavy atom. The van der Waals surface area contributed by atoms with Crippen molar-refractivity contribution in [1.82, 2.24) is 14.7 Å². The molecule has 0 aromatic carbocycles. The number of hydrogen-bond donors (Lipinski definition) is 1. The molecule has 4 nitrogen and oxygen atoms in total. The lowest BCUT2D eigenvalue weighted by molar-refractivity contribution is 0.479. The predicted octanol–water partition coefficient (Wildman–Crippen LogP) is 3.02. The van der Waals surface area contributed by atoms with Gasteiger partial charge in [-0.25, -0.2) is 4.98 Å². The van der Waals surface area contributed by atoms with Crippen LogP contribution < -0.4 is 5.32 Å². The summed E-state index contributed by atoms with van der Waals surface area (Å²) in [5.41, 5.74) is 2.21. The quantitative estimate of drug-likeness (QED) is 0.735. The van der Waals surface area contributed by atoms with E-state index in [2.05, 4.69) is 32.3 Å². The van der Waals surface area contributed by atoms with Crippen LogP contribution in [0.2, 0.25) is 0 Å². The van der Waals surface area contributed by atoms with E-state index in [0.29, 0.717) is 0 Å². The smallest absolute Gasteiger partial charge is 0.169 e. The van der Waals surface area contributed by atoms with Crippen molar-refractivity contribution in [3.05, 3.63) is 58.8 Å². The number of imidazole rings is 1. The zero-order valence-electron chi connectivity index (χ0n) is 10.3. The van der Waals surface area contributed by atoms with Crippen molar-refractivity contribution in [1.29, 1.82) is 0 Å². The molecule has 0 saturated heterocycles. The van der Waals surface area contributed by atoms with Gasteiger partial charge in [0, 0.05) is 43.7 Å². The number of rotatable bonds is 5. The maximum atomic E-state index is 5.45. The number of nitrogens with zero attached hydrogens (tertiary/aromatic N) is 2. The fourth-order valence-electron chi connectivity index (χ4n) is 2.07. The van der Waals surface area contributed by atoms with E-state index in [9.17, 15) is 0 Å². The number of nitrogens with one attached hydrogen (secondary N) is 1. The van der Waals surface area contributed by atoms with Crippen molar-refractivity contribution >= 4 is 21.6 Å². The average molecular weight is 320 g/mol. The molecule has 0 amide bonds. The van der Waals surface area contributed by atoms with Gasteiger partial charge in [0.25, 0.3) is 0 Å². The molecule has 19 heavy (non-hydrogen) atoms. The van der Waals surface area contributed by atoms with Crippen molar-refractivity contribution in [3.8, 4) is 0 Å². The Kier molecular flexibility index (Phi) is 3.66. The first-order chi connectivity index (χ1) is 9.33. The van der Waals surface area contributed by atoms with Gasteiger partial charge >= 0.3 is 0 Å². The summed E-state index contributed by atoms with van der Waals surface area (Å²) in [5.74, 6) is 0.985. The van der Waals surface area contributed by atoms with Crippen molar-refractivity contribution < 1.29 is 4.42 Å². The van der Waals surface area contributed by atoms with Crippen LogP contribution in [0, 0.1) is 0 Å². The monoisotopic (exact) mass is 319 g/mol. The second-order valence-electron chi connectivity index (χ2n) is 4.32. The Morgan fingerprint density at radius 3 is 3.05 bits per heavy atom. The Hall–Kier alpha value is -1.59. The van der Waals surface area contributed by atoms with Crippen LogP contribution in [-0.4, -0.2) is 15.9 Å². The highest BCUT2D eigenvalue weighted by Gasteiger charge is 2.02. The van der Waals surface area contributed by atoms with E-state index in [4.69, 9.17) is 4.42 Å². The lowest BCUT2D eigenvalue weighted by Crippen LogP contribution is -2.17. The maximum absolute atomic E-state index is 5.45. The van der Waals surface area contributed by atoms with E-state index in [1.165, 1.54) is 5.56 Å².